The van der Waals surface area contributed by atoms with Crippen LogP contribution in [0, 0.1) is 0 Å². The molecule has 27 heavy (non-hydrogen) atoms. The fourth-order valence-corrected chi connectivity index (χ4v) is 3.69. The van der Waals surface area contributed by atoms with Gasteiger partial charge >= 0.3 is 6.09 Å². The zero-order chi connectivity index (χ0) is 18.6. The molecule has 1 aliphatic heterocycles. The smallest absolute Gasteiger partial charge is 0.407 e. The quantitative estimate of drug-likeness (QED) is 0.655. The lowest BCUT2D eigenvalue weighted by atomic mass is 10.0. The van der Waals surface area contributed by atoms with Crippen LogP contribution in [0.15, 0.2) is 24.5 Å². The van der Waals surface area contributed by atoms with Crippen LogP contribution in [0.2, 0.25) is 0 Å². The number of hydrogen-bond acceptors (Lipinski definition) is 6. The van der Waals surface area contributed by atoms with Crippen LogP contribution in [0.1, 0.15) is 50.6 Å². The van der Waals surface area contributed by atoms with Gasteiger partial charge in [0.15, 0.2) is 5.82 Å². The minimum absolute atomic E-state index is 0.0403. The van der Waals surface area contributed by atoms with Gasteiger partial charge in [0.2, 0.25) is 0 Å². The van der Waals surface area contributed by atoms with Crippen molar-refractivity contribution in [3.8, 4) is 5.75 Å². The Morgan fingerprint density at radius 3 is 3.04 bits per heavy atom. The minimum Gasteiger partial charge on any atom is -0.492 e. The van der Waals surface area contributed by atoms with Gasteiger partial charge in [-0.3, -0.25) is 10.1 Å². The molecule has 8 nitrogen and oxygen atoms in total. The van der Waals surface area contributed by atoms with Crippen LogP contribution in [-0.4, -0.2) is 40.0 Å². The summed E-state index contributed by atoms with van der Waals surface area (Å²) in [6.07, 6.45) is 7.36. The largest absolute Gasteiger partial charge is 0.492 e. The Labute approximate surface area is 158 Å². The molecule has 0 spiro atoms. The lowest BCUT2D eigenvalue weighted by Crippen LogP contribution is -2.35. The maximum atomic E-state index is 12.1. The molecule has 3 heterocycles. The lowest BCUT2D eigenvalue weighted by molar-refractivity contribution is 0.0969. The van der Waals surface area contributed by atoms with Gasteiger partial charge in [0, 0.05) is 29.8 Å². The van der Waals surface area contributed by atoms with Crippen LogP contribution >= 0.6 is 0 Å². The highest BCUT2D eigenvalue weighted by Gasteiger charge is 2.30. The zero-order valence-corrected chi connectivity index (χ0v) is 15.4. The number of carbonyl (C=O) groups excluding carboxylic acids is 1. The summed E-state index contributed by atoms with van der Waals surface area (Å²) in [6.45, 7) is 2.54. The van der Waals surface area contributed by atoms with E-state index in [4.69, 9.17) is 9.47 Å². The Bertz CT molecular complexity index is 793. The van der Waals surface area contributed by atoms with Crippen molar-refractivity contribution in [2.75, 3.05) is 11.9 Å². The molecule has 0 aromatic carbocycles. The first-order valence-electron chi connectivity index (χ1n) is 9.53. The van der Waals surface area contributed by atoms with Crippen molar-refractivity contribution in [1.82, 2.24) is 20.5 Å². The molecular formula is C19H25N5O3. The van der Waals surface area contributed by atoms with Gasteiger partial charge in [0.25, 0.3) is 0 Å². The van der Waals surface area contributed by atoms with Crippen LogP contribution in [0.5, 0.6) is 5.75 Å². The summed E-state index contributed by atoms with van der Waals surface area (Å²) in [4.78, 5) is 16.3. The summed E-state index contributed by atoms with van der Waals surface area (Å²) in [6, 6.07) is 3.96. The van der Waals surface area contributed by atoms with E-state index in [2.05, 4.69) is 25.8 Å². The summed E-state index contributed by atoms with van der Waals surface area (Å²) in [7, 11) is 0. The number of aromatic nitrogens is 3. The van der Waals surface area contributed by atoms with Gasteiger partial charge in [-0.25, -0.2) is 4.79 Å². The highest BCUT2D eigenvalue weighted by atomic mass is 16.6. The maximum absolute atomic E-state index is 12.1. The number of hydrogen-bond donors (Lipinski definition) is 3. The topological polar surface area (TPSA) is 101 Å². The van der Waals surface area contributed by atoms with Gasteiger partial charge in [-0.05, 0) is 39.0 Å². The second kappa shape index (κ2) is 7.85. The monoisotopic (exact) mass is 371 g/mol. The summed E-state index contributed by atoms with van der Waals surface area (Å²) in [5.41, 5.74) is 1.89. The molecule has 4 rings (SSSR count). The summed E-state index contributed by atoms with van der Waals surface area (Å²) < 4.78 is 11.4. The molecule has 2 aromatic heterocycles. The predicted molar refractivity (Wildman–Crippen MR) is 100 cm³/mol. The van der Waals surface area contributed by atoms with Crippen LogP contribution < -0.4 is 15.4 Å². The molecule has 8 heteroatoms. The highest BCUT2D eigenvalue weighted by Crippen LogP contribution is 2.36. The number of anilines is 2. The molecule has 3 atom stereocenters. The highest BCUT2D eigenvalue weighted by molar-refractivity contribution is 5.67. The number of aromatic amines is 1. The predicted octanol–water partition coefficient (Wildman–Crippen LogP) is 3.47. The van der Waals surface area contributed by atoms with Gasteiger partial charge in [-0.2, -0.15) is 5.10 Å². The summed E-state index contributed by atoms with van der Waals surface area (Å²) >= 11 is 0. The molecular weight excluding hydrogens is 346 g/mol. The molecule has 2 aliphatic rings. The van der Waals surface area contributed by atoms with E-state index < -0.39 is 0 Å². The normalized spacial score (nSPS) is 26.0. The van der Waals surface area contributed by atoms with Crippen molar-refractivity contribution in [2.45, 2.75) is 57.1 Å². The van der Waals surface area contributed by atoms with Crippen molar-refractivity contribution in [2.24, 2.45) is 0 Å². The third kappa shape index (κ3) is 4.50. The van der Waals surface area contributed by atoms with E-state index in [-0.39, 0.29) is 18.2 Å². The third-order valence-electron chi connectivity index (χ3n) is 5.10. The number of fused-ring (bicyclic) bond motifs is 7. The second-order valence-corrected chi connectivity index (χ2v) is 7.32. The summed E-state index contributed by atoms with van der Waals surface area (Å²) in [5.74, 6) is 1.76. The van der Waals surface area contributed by atoms with E-state index >= 15 is 0 Å². The number of ether oxygens (including phenoxy) is 2. The number of pyridine rings is 1. The van der Waals surface area contributed by atoms with E-state index in [9.17, 15) is 4.79 Å². The zero-order valence-electron chi connectivity index (χ0n) is 15.4. The van der Waals surface area contributed by atoms with Crippen molar-refractivity contribution in [1.29, 1.82) is 0 Å². The molecule has 1 saturated carbocycles. The Hall–Kier alpha value is -2.77. The first kappa shape index (κ1) is 17.6. The number of carbonyl (C=O) groups is 1. The van der Waals surface area contributed by atoms with Gasteiger partial charge < -0.3 is 20.1 Å². The van der Waals surface area contributed by atoms with Crippen LogP contribution in [0.3, 0.4) is 0 Å². The van der Waals surface area contributed by atoms with E-state index in [1.54, 1.807) is 12.4 Å². The van der Waals surface area contributed by atoms with Gasteiger partial charge in [0.1, 0.15) is 11.9 Å². The van der Waals surface area contributed by atoms with E-state index in [0.29, 0.717) is 18.3 Å². The Kier molecular flexibility index (Phi) is 5.13. The molecule has 2 aromatic rings. The van der Waals surface area contributed by atoms with Crippen molar-refractivity contribution < 1.29 is 14.3 Å². The van der Waals surface area contributed by atoms with E-state index in [1.807, 2.05) is 19.1 Å². The molecule has 6 bridgehead atoms. The minimum atomic E-state index is -0.334. The number of rotatable bonds is 0. The molecule has 1 amide bonds. The van der Waals surface area contributed by atoms with E-state index in [0.717, 1.165) is 49.3 Å². The molecule has 1 fully saturated rings. The van der Waals surface area contributed by atoms with Crippen molar-refractivity contribution in [3.05, 3.63) is 30.2 Å². The molecule has 3 N–H and O–H groups in total. The average molecular weight is 371 g/mol. The molecule has 0 unspecified atom stereocenters. The Balaban J connectivity index is 1.52. The number of alkyl carbamates (subject to hydrolysis) is 1. The van der Waals surface area contributed by atoms with Crippen molar-refractivity contribution >= 4 is 17.6 Å². The molecule has 0 saturated heterocycles. The van der Waals surface area contributed by atoms with Crippen LogP contribution in [0.4, 0.5) is 16.3 Å². The van der Waals surface area contributed by atoms with Crippen LogP contribution in [-0.2, 0) is 4.74 Å². The van der Waals surface area contributed by atoms with E-state index in [1.165, 1.54) is 0 Å². The molecule has 144 valence electrons. The average Bonchev–Trinajstić information content (AvgIpc) is 3.28. The fraction of sp³-hybridized carbons (Fsp3) is 0.526. The molecule has 1 aliphatic carbocycles. The van der Waals surface area contributed by atoms with Crippen molar-refractivity contribution in [3.63, 3.8) is 0 Å². The third-order valence-corrected chi connectivity index (χ3v) is 5.10. The lowest BCUT2D eigenvalue weighted by Gasteiger charge is -2.17. The van der Waals surface area contributed by atoms with Crippen LogP contribution in [0.25, 0.3) is 0 Å². The van der Waals surface area contributed by atoms with Gasteiger partial charge in [-0.15, -0.1) is 0 Å². The summed E-state index contributed by atoms with van der Waals surface area (Å²) in [5, 5.41) is 13.6. The number of nitrogens with one attached hydrogen (secondary N) is 3. The standard InChI is InChI=1S/C19H25N5O3/c1-12-3-2-6-26-16-8-14(10-20-11-16)22-18-9-17(23-24-18)13-4-5-15(7-13)27-19(25)21-12/h8-13,15H,2-7H2,1H3,(H,21,25)(H2,22,23,24)/t12-,13-,15+/m0/s1. The fourth-order valence-electron chi connectivity index (χ4n) is 3.69. The number of nitrogens with zero attached hydrogens (tertiary/aromatic N) is 2. The SMILES string of the molecule is C[C@H]1CCCOc2cncc(c2)Nc2cc([nH]n2)[C@H]2CC[C@H](C2)OC(=O)N1. The number of H-pyrrole nitrogens is 1. The van der Waals surface area contributed by atoms with Gasteiger partial charge in [-0.1, -0.05) is 0 Å². The number of amides is 1. The Morgan fingerprint density at radius 1 is 1.19 bits per heavy atom. The second-order valence-electron chi connectivity index (χ2n) is 7.32. The first-order chi connectivity index (χ1) is 13.2. The van der Waals surface area contributed by atoms with Gasteiger partial charge in [0.05, 0.1) is 24.7 Å². The maximum Gasteiger partial charge on any atom is 0.407 e. The molecule has 0 radical (unpaired) electrons. The Morgan fingerprint density at radius 2 is 2.11 bits per heavy atom. The first-order valence-corrected chi connectivity index (χ1v) is 9.53.